The van der Waals surface area contributed by atoms with Gasteiger partial charge in [0, 0.05) is 17.5 Å². The molecule has 8 nitrogen and oxygen atoms in total. The van der Waals surface area contributed by atoms with E-state index in [2.05, 4.69) is 34.5 Å². The number of amides is 3. The van der Waals surface area contributed by atoms with Gasteiger partial charge in [-0.2, -0.15) is 4.98 Å². The minimum Gasteiger partial charge on any atom is -0.497 e. The van der Waals surface area contributed by atoms with Gasteiger partial charge in [-0.25, -0.2) is 4.79 Å². The quantitative estimate of drug-likeness (QED) is 0.589. The van der Waals surface area contributed by atoms with Gasteiger partial charge in [0.25, 0.3) is 0 Å². The number of nitrogens with zero attached hydrogens (tertiary/aromatic N) is 3. The molecule has 1 N–H and O–H groups in total. The minimum atomic E-state index is -0.357. The van der Waals surface area contributed by atoms with E-state index >= 15 is 0 Å². The van der Waals surface area contributed by atoms with E-state index in [1.165, 1.54) is 10.5 Å². The number of rotatable bonds is 6. The lowest BCUT2D eigenvalue weighted by Gasteiger charge is -2.41. The molecule has 1 aromatic heterocycles. The van der Waals surface area contributed by atoms with Crippen LogP contribution in [0.3, 0.4) is 0 Å². The molecule has 3 unspecified atom stereocenters. The summed E-state index contributed by atoms with van der Waals surface area (Å²) in [5.41, 5.74) is 3.04. The van der Waals surface area contributed by atoms with Gasteiger partial charge in [-0.05, 0) is 48.9 Å². The Morgan fingerprint density at radius 1 is 1.06 bits per heavy atom. The Bertz CT molecular complexity index is 1170. The molecule has 2 aromatic carbocycles. The van der Waals surface area contributed by atoms with E-state index in [9.17, 15) is 9.59 Å². The molecular weight excluding hydrogens is 432 g/mol. The van der Waals surface area contributed by atoms with Gasteiger partial charge in [0.2, 0.25) is 17.6 Å². The smallest absolute Gasteiger partial charge is 0.324 e. The van der Waals surface area contributed by atoms with Crippen molar-refractivity contribution >= 4 is 11.9 Å². The summed E-state index contributed by atoms with van der Waals surface area (Å²) in [6, 6.07) is 14.9. The number of aryl methyl sites for hydroxylation is 1. The van der Waals surface area contributed by atoms with Gasteiger partial charge in [-0.3, -0.25) is 9.69 Å². The van der Waals surface area contributed by atoms with Crippen molar-refractivity contribution < 1.29 is 18.8 Å². The molecule has 0 spiro atoms. The van der Waals surface area contributed by atoms with Crippen molar-refractivity contribution in [2.45, 2.75) is 51.1 Å². The summed E-state index contributed by atoms with van der Waals surface area (Å²) in [5, 5.41) is 7.21. The van der Waals surface area contributed by atoms with Gasteiger partial charge in [0.05, 0.1) is 19.6 Å². The van der Waals surface area contributed by atoms with Gasteiger partial charge >= 0.3 is 6.03 Å². The molecule has 3 atom stereocenters. The van der Waals surface area contributed by atoms with Crippen molar-refractivity contribution in [3.63, 3.8) is 0 Å². The third-order valence-electron chi connectivity index (χ3n) is 6.90. The van der Waals surface area contributed by atoms with Crippen LogP contribution in [-0.2, 0) is 17.8 Å². The molecule has 3 aromatic rings. The number of urea groups is 1. The Balaban J connectivity index is 1.25. The lowest BCUT2D eigenvalue weighted by atomic mass is 9.76. The number of methoxy groups -OCH3 is 1. The lowest BCUT2D eigenvalue weighted by Crippen LogP contribution is -2.60. The summed E-state index contributed by atoms with van der Waals surface area (Å²) in [5.74, 6) is 1.52. The number of hydrogen-bond acceptors (Lipinski definition) is 6. The fraction of sp³-hybridized carbons (Fsp3) is 0.385. The van der Waals surface area contributed by atoms with Crippen LogP contribution in [0.4, 0.5) is 4.79 Å². The number of aromatic nitrogens is 2. The third-order valence-corrected chi connectivity index (χ3v) is 6.90. The molecule has 8 heteroatoms. The van der Waals surface area contributed by atoms with E-state index in [0.717, 1.165) is 29.7 Å². The van der Waals surface area contributed by atoms with E-state index in [1.807, 2.05) is 36.4 Å². The fourth-order valence-electron chi connectivity index (χ4n) is 4.86. The minimum absolute atomic E-state index is 0.0126. The van der Waals surface area contributed by atoms with E-state index < -0.39 is 0 Å². The van der Waals surface area contributed by atoms with Crippen LogP contribution in [0.15, 0.2) is 53.1 Å². The van der Waals surface area contributed by atoms with Crippen molar-refractivity contribution in [1.82, 2.24) is 20.4 Å². The van der Waals surface area contributed by atoms with Crippen LogP contribution in [0, 0.1) is 5.92 Å². The standard InChI is InChI=1S/C26H28N4O4/c1-3-16-4-8-18(9-5-16)23-28-24(34-29-23)19-10-13-21-22(14-19)27-26(32)30(25(21)31)15-17-6-11-20(33-2)12-7-17/h4-9,11-12,19,21-22H,3,10,13-15H2,1-2H3,(H,27,32). The average Bonchev–Trinajstić information content (AvgIpc) is 3.37. The number of fused-ring (bicyclic) bond motifs is 1. The molecule has 0 bridgehead atoms. The largest absolute Gasteiger partial charge is 0.497 e. The maximum Gasteiger partial charge on any atom is 0.324 e. The highest BCUT2D eigenvalue weighted by Gasteiger charge is 2.45. The maximum atomic E-state index is 13.2. The van der Waals surface area contributed by atoms with Crippen molar-refractivity contribution in [3.05, 3.63) is 65.5 Å². The number of imide groups is 1. The molecule has 0 radical (unpaired) electrons. The number of nitrogens with one attached hydrogen (secondary N) is 1. The molecule has 2 aliphatic rings. The van der Waals surface area contributed by atoms with Gasteiger partial charge in [0.1, 0.15) is 5.75 Å². The molecule has 176 valence electrons. The first-order chi connectivity index (χ1) is 16.6. The zero-order valence-corrected chi connectivity index (χ0v) is 19.4. The predicted octanol–water partition coefficient (Wildman–Crippen LogP) is 4.31. The SMILES string of the molecule is CCc1ccc(-c2noc(C3CCC4C(=O)N(Cc5ccc(OC)cc5)C(=O)NC4C3)n2)cc1. The van der Waals surface area contributed by atoms with Crippen molar-refractivity contribution in [2.75, 3.05) is 7.11 Å². The second-order valence-electron chi connectivity index (χ2n) is 8.95. The van der Waals surface area contributed by atoms with Crippen LogP contribution >= 0.6 is 0 Å². The first kappa shape index (κ1) is 22.1. The topological polar surface area (TPSA) is 97.6 Å². The normalized spacial score (nSPS) is 22.3. The number of carbonyl (C=O) groups excluding carboxylic acids is 2. The van der Waals surface area contributed by atoms with E-state index in [0.29, 0.717) is 24.6 Å². The fourth-order valence-corrected chi connectivity index (χ4v) is 4.86. The van der Waals surface area contributed by atoms with Gasteiger partial charge < -0.3 is 14.6 Å². The Morgan fingerprint density at radius 3 is 2.50 bits per heavy atom. The second kappa shape index (κ2) is 9.29. The molecule has 1 aliphatic carbocycles. The van der Waals surface area contributed by atoms with Crippen molar-refractivity contribution in [3.8, 4) is 17.1 Å². The molecular formula is C26H28N4O4. The van der Waals surface area contributed by atoms with Gasteiger partial charge in [-0.15, -0.1) is 0 Å². The van der Waals surface area contributed by atoms with E-state index in [4.69, 9.17) is 9.26 Å². The number of ether oxygens (including phenoxy) is 1. The zero-order valence-electron chi connectivity index (χ0n) is 19.4. The summed E-state index contributed by atoms with van der Waals surface area (Å²) >= 11 is 0. The molecule has 2 heterocycles. The van der Waals surface area contributed by atoms with Crippen molar-refractivity contribution in [1.29, 1.82) is 0 Å². The molecule has 1 aliphatic heterocycles. The molecule has 5 rings (SSSR count). The monoisotopic (exact) mass is 460 g/mol. The summed E-state index contributed by atoms with van der Waals surface area (Å²) in [6.07, 6.45) is 3.01. The van der Waals surface area contributed by atoms with Crippen LogP contribution in [0.1, 0.15) is 49.1 Å². The summed E-state index contributed by atoms with van der Waals surface area (Å²) in [4.78, 5) is 31.9. The summed E-state index contributed by atoms with van der Waals surface area (Å²) < 4.78 is 10.8. The highest BCUT2D eigenvalue weighted by molar-refractivity contribution is 5.98. The average molecular weight is 461 g/mol. The van der Waals surface area contributed by atoms with E-state index in [-0.39, 0.29) is 36.4 Å². The lowest BCUT2D eigenvalue weighted by molar-refractivity contribution is -0.137. The summed E-state index contributed by atoms with van der Waals surface area (Å²) in [7, 11) is 1.60. The zero-order chi connectivity index (χ0) is 23.7. The van der Waals surface area contributed by atoms with Crippen LogP contribution in [0.5, 0.6) is 5.75 Å². The van der Waals surface area contributed by atoms with Crippen LogP contribution < -0.4 is 10.1 Å². The number of carbonyl (C=O) groups is 2. The van der Waals surface area contributed by atoms with Gasteiger partial charge in [0.15, 0.2) is 0 Å². The third kappa shape index (κ3) is 4.27. The Morgan fingerprint density at radius 2 is 1.79 bits per heavy atom. The second-order valence-corrected chi connectivity index (χ2v) is 8.95. The Hall–Kier alpha value is -3.68. The molecule has 34 heavy (non-hydrogen) atoms. The van der Waals surface area contributed by atoms with Crippen molar-refractivity contribution in [2.24, 2.45) is 5.92 Å². The van der Waals surface area contributed by atoms with Crippen LogP contribution in [0.2, 0.25) is 0 Å². The predicted molar refractivity (Wildman–Crippen MR) is 125 cm³/mol. The number of hydrogen-bond donors (Lipinski definition) is 1. The van der Waals surface area contributed by atoms with Crippen LogP contribution in [-0.4, -0.2) is 40.1 Å². The molecule has 2 fully saturated rings. The molecule has 1 saturated carbocycles. The van der Waals surface area contributed by atoms with Gasteiger partial charge in [-0.1, -0.05) is 48.5 Å². The van der Waals surface area contributed by atoms with Crippen LogP contribution in [0.25, 0.3) is 11.4 Å². The number of benzene rings is 2. The summed E-state index contributed by atoms with van der Waals surface area (Å²) in [6.45, 7) is 2.36. The maximum absolute atomic E-state index is 13.2. The first-order valence-electron chi connectivity index (χ1n) is 11.7. The Labute approximate surface area is 198 Å². The molecule has 3 amide bonds. The first-order valence-corrected chi connectivity index (χ1v) is 11.7. The van der Waals surface area contributed by atoms with E-state index in [1.54, 1.807) is 7.11 Å². The highest BCUT2D eigenvalue weighted by atomic mass is 16.5. The highest BCUT2D eigenvalue weighted by Crippen LogP contribution is 2.38. The Kier molecular flexibility index (Phi) is 6.04. The molecule has 1 saturated heterocycles.